The summed E-state index contributed by atoms with van der Waals surface area (Å²) in [6, 6.07) is 20.4. The van der Waals surface area contributed by atoms with Gasteiger partial charge in [-0.3, -0.25) is 0 Å². The van der Waals surface area contributed by atoms with Gasteiger partial charge in [-0.15, -0.1) is 0 Å². The highest BCUT2D eigenvalue weighted by molar-refractivity contribution is 5.82. The van der Waals surface area contributed by atoms with E-state index in [0.29, 0.717) is 33.9 Å². The topological polar surface area (TPSA) is 6.48 Å². The number of hydrogen-bond acceptors (Lipinski definition) is 2. The maximum absolute atomic E-state index is 9.17. The molecule has 0 bridgehead atoms. The number of anilines is 6. The van der Waals surface area contributed by atoms with Gasteiger partial charge in [0.1, 0.15) is 0 Å². The lowest BCUT2D eigenvalue weighted by atomic mass is 10.0. The molecule has 8 rings (SSSR count). The molecule has 8 aromatic rings. The molecule has 0 aromatic heterocycles. The summed E-state index contributed by atoms with van der Waals surface area (Å²) in [7, 11) is 0. The fourth-order valence-electron chi connectivity index (χ4n) is 5.41. The van der Waals surface area contributed by atoms with Crippen molar-refractivity contribution in [2.24, 2.45) is 0 Å². The van der Waals surface area contributed by atoms with Gasteiger partial charge in [-0.25, -0.2) is 0 Å². The average Bonchev–Trinajstić information content (AvgIpc) is 3.35. The third-order valence-corrected chi connectivity index (χ3v) is 7.78. The van der Waals surface area contributed by atoms with Gasteiger partial charge in [0.05, 0.1) is 24.7 Å². The first-order chi connectivity index (χ1) is 32.3. The zero-order chi connectivity index (χ0) is 49.2. The van der Waals surface area contributed by atoms with Crippen LogP contribution in [0.2, 0.25) is 0 Å². The fourth-order valence-corrected chi connectivity index (χ4v) is 5.41. The van der Waals surface area contributed by atoms with E-state index in [1.165, 1.54) is 9.80 Å². The molecule has 2 heteroatoms. The highest BCUT2D eigenvalue weighted by Gasteiger charge is 2.15. The minimum absolute atomic E-state index is 0.143. The Hall–Kier alpha value is -6.64. The summed E-state index contributed by atoms with van der Waals surface area (Å²) in [4.78, 5) is 3.08. The van der Waals surface area contributed by atoms with Gasteiger partial charge in [-0.05, 0) is 106 Å². The van der Waals surface area contributed by atoms with E-state index >= 15 is 0 Å². The zero-order valence-electron chi connectivity index (χ0n) is 44.3. The number of benzene rings is 8. The molecule has 0 N–H and O–H groups in total. The van der Waals surface area contributed by atoms with Gasteiger partial charge in [0.15, 0.2) is 0 Å². The van der Waals surface area contributed by atoms with E-state index in [0.717, 1.165) is 0 Å². The van der Waals surface area contributed by atoms with Crippen molar-refractivity contribution >= 4 is 34.1 Å². The van der Waals surface area contributed by atoms with Crippen LogP contribution in [0, 0.1) is 0 Å². The second-order valence-corrected chi connectivity index (χ2v) is 10.9. The molecule has 0 heterocycles. The van der Waals surface area contributed by atoms with Crippen LogP contribution in [-0.2, 0) is 0 Å². The Labute approximate surface area is 320 Å². The first-order valence-electron chi connectivity index (χ1n) is 24.6. The molecule has 0 unspecified atom stereocenters. The SMILES string of the molecule is [2H]c1c([2H])c([2H])c(-c2c([2H])c([2H])c(N(c3ccccc3)c3ccc(-c4ccc(N(c5ccccc5)c5c([2H])c([2H])c(-c6c([2H])c([2H])c([2H])c([2H])c6[2H])c([2H])c5[2H])cc4)cc3)c([2H])c2[2H])c([2H])c1[2H]. The van der Waals surface area contributed by atoms with E-state index in [-0.39, 0.29) is 11.4 Å². The monoisotopic (exact) mass is 658 g/mol. The van der Waals surface area contributed by atoms with Crippen molar-refractivity contribution in [3.05, 3.63) is 218 Å². The van der Waals surface area contributed by atoms with Crippen LogP contribution in [0.1, 0.15) is 24.7 Å². The third-order valence-electron chi connectivity index (χ3n) is 7.78. The molecule has 238 valence electrons. The molecule has 8 aromatic carbocycles. The lowest BCUT2D eigenvalue weighted by Crippen LogP contribution is -2.10. The van der Waals surface area contributed by atoms with Crippen LogP contribution in [0.15, 0.2) is 218 Å². The van der Waals surface area contributed by atoms with Gasteiger partial charge < -0.3 is 9.80 Å². The Morgan fingerprint density at radius 2 is 0.540 bits per heavy atom. The normalized spacial score (nSPS) is 15.8. The van der Waals surface area contributed by atoms with E-state index in [1.54, 1.807) is 109 Å². The third kappa shape index (κ3) is 6.56. The van der Waals surface area contributed by atoms with Crippen molar-refractivity contribution in [3.8, 4) is 33.4 Å². The largest absolute Gasteiger partial charge is 0.311 e. The lowest BCUT2D eigenvalue weighted by Gasteiger charge is -2.26. The van der Waals surface area contributed by atoms with Crippen LogP contribution in [0.4, 0.5) is 34.1 Å². The Bertz CT molecular complexity index is 2970. The molecular formula is C48H36N2. The first-order valence-corrected chi connectivity index (χ1v) is 15.6. The van der Waals surface area contributed by atoms with Crippen molar-refractivity contribution in [1.29, 1.82) is 0 Å². The van der Waals surface area contributed by atoms with Crippen LogP contribution in [0.5, 0.6) is 0 Å². The smallest absolute Gasteiger partial charge is 0.0645 e. The van der Waals surface area contributed by atoms with Crippen LogP contribution in [-0.4, -0.2) is 0 Å². The second-order valence-electron chi connectivity index (χ2n) is 10.9. The Morgan fingerprint density at radius 1 is 0.240 bits per heavy atom. The summed E-state index contributed by atoms with van der Waals surface area (Å²) in [6.45, 7) is 0. The van der Waals surface area contributed by atoms with Crippen molar-refractivity contribution < 1.29 is 24.7 Å². The van der Waals surface area contributed by atoms with E-state index in [2.05, 4.69) is 0 Å². The van der Waals surface area contributed by atoms with Crippen LogP contribution < -0.4 is 9.80 Å². The number of hydrogen-bond donors (Lipinski definition) is 0. The van der Waals surface area contributed by atoms with Crippen molar-refractivity contribution in [1.82, 2.24) is 0 Å². The summed E-state index contributed by atoms with van der Waals surface area (Å²) in [5.74, 6) is 0. The summed E-state index contributed by atoms with van der Waals surface area (Å²) in [5.41, 5.74) is 1.25. The highest BCUT2D eigenvalue weighted by Crippen LogP contribution is 2.39. The molecule has 0 aliphatic carbocycles. The van der Waals surface area contributed by atoms with Gasteiger partial charge in [0.25, 0.3) is 0 Å². The molecule has 0 amide bonds. The molecule has 50 heavy (non-hydrogen) atoms. The minimum atomic E-state index is -0.673. The van der Waals surface area contributed by atoms with Gasteiger partial charge >= 0.3 is 0 Å². The van der Waals surface area contributed by atoms with E-state index in [1.807, 2.05) is 0 Å². The predicted molar refractivity (Wildman–Crippen MR) is 212 cm³/mol. The summed E-state index contributed by atoms with van der Waals surface area (Å²) >= 11 is 0. The number of rotatable bonds is 9. The number of para-hydroxylation sites is 2. The van der Waals surface area contributed by atoms with Crippen LogP contribution >= 0.6 is 0 Å². The molecule has 0 fully saturated rings. The van der Waals surface area contributed by atoms with Crippen molar-refractivity contribution in [3.63, 3.8) is 0 Å². The highest BCUT2D eigenvalue weighted by atomic mass is 15.1. The quantitative estimate of drug-likeness (QED) is 0.152. The Morgan fingerprint density at radius 3 is 0.880 bits per heavy atom. The standard InChI is InChI=1S/C48H36N2/c1-5-13-37(14-6-1)39-21-29-45(30-22-39)49(43-17-9-3-10-18-43)47-33-25-41(26-34-47)42-27-35-48(36-28-42)50(44-19-11-4-12-20-44)46-31-23-40(24-32-46)38-15-7-2-8-16-38/h1-36H/i1D,2D,5D,6D,7D,8D,13D,14D,15D,16D,21D,22D,23D,24D,29D,30D,31D,32D. The average molecular weight is 659 g/mol. The minimum Gasteiger partial charge on any atom is -0.311 e. The Balaban J connectivity index is 1.20. The van der Waals surface area contributed by atoms with E-state index < -0.39 is 131 Å². The van der Waals surface area contributed by atoms with Crippen molar-refractivity contribution in [2.45, 2.75) is 0 Å². The molecule has 0 atom stereocenters. The zero-order valence-corrected chi connectivity index (χ0v) is 26.3. The molecule has 0 spiro atoms. The molecule has 0 aliphatic heterocycles. The molecule has 2 nitrogen and oxygen atoms in total. The molecule has 0 aliphatic rings. The second kappa shape index (κ2) is 14.2. The molecule has 0 saturated heterocycles. The summed E-state index contributed by atoms with van der Waals surface area (Å²) < 4.78 is 155. The van der Waals surface area contributed by atoms with Gasteiger partial charge in [-0.1, -0.05) is 145 Å². The molecular weight excluding hydrogens is 605 g/mol. The van der Waals surface area contributed by atoms with Gasteiger partial charge in [0, 0.05) is 34.1 Å². The lowest BCUT2D eigenvalue weighted by molar-refractivity contribution is 1.28. The van der Waals surface area contributed by atoms with Crippen LogP contribution in [0.3, 0.4) is 0 Å². The van der Waals surface area contributed by atoms with Crippen LogP contribution in [0.25, 0.3) is 33.4 Å². The van der Waals surface area contributed by atoms with E-state index in [9.17, 15) is 0 Å². The van der Waals surface area contributed by atoms with E-state index in [4.69, 9.17) is 24.7 Å². The number of nitrogens with zero attached hydrogens (tertiary/aromatic N) is 2. The predicted octanol–water partition coefficient (Wildman–Crippen LogP) is 13.6. The molecule has 0 saturated carbocycles. The summed E-state index contributed by atoms with van der Waals surface area (Å²) in [5, 5.41) is 0. The first kappa shape index (κ1) is 16.6. The maximum Gasteiger partial charge on any atom is 0.0645 e. The summed E-state index contributed by atoms with van der Waals surface area (Å²) in [6.07, 6.45) is 0. The Kier molecular flexibility index (Phi) is 4.74. The van der Waals surface area contributed by atoms with Gasteiger partial charge in [-0.2, -0.15) is 0 Å². The van der Waals surface area contributed by atoms with Gasteiger partial charge in [0.2, 0.25) is 0 Å². The fraction of sp³-hybridized carbons (Fsp3) is 0. The molecule has 0 radical (unpaired) electrons. The van der Waals surface area contributed by atoms with Crippen molar-refractivity contribution in [2.75, 3.05) is 9.80 Å². The maximum atomic E-state index is 9.17.